The molecule has 4 aromatic heterocycles. The van der Waals surface area contributed by atoms with Crippen LogP contribution in [0.3, 0.4) is 0 Å². The highest BCUT2D eigenvalue weighted by atomic mass is 79.9. The number of carbonyl (C=O) groups is 3. The molecule has 0 amide bonds. The smallest absolute Gasteiger partial charge is 0.339 e. The normalized spacial score (nSPS) is 9.61. The molecule has 4 heterocycles. The number of aromatic nitrogens is 4. The Morgan fingerprint density at radius 1 is 0.750 bits per heavy atom. The van der Waals surface area contributed by atoms with Gasteiger partial charge in [0, 0.05) is 47.4 Å². The van der Waals surface area contributed by atoms with Crippen molar-refractivity contribution in [1.29, 1.82) is 0 Å². The zero-order chi connectivity index (χ0) is 33.4. The summed E-state index contributed by atoms with van der Waals surface area (Å²) >= 11 is 8.76. The van der Waals surface area contributed by atoms with Crippen LogP contribution in [0, 0.1) is 41.5 Å². The lowest BCUT2D eigenvalue weighted by molar-refractivity contribution is 0.0591. The molecule has 0 aromatic carbocycles. The molecule has 234 valence electrons. The van der Waals surface area contributed by atoms with Gasteiger partial charge >= 0.3 is 11.9 Å². The van der Waals surface area contributed by atoms with Crippen molar-refractivity contribution < 1.29 is 29.0 Å². The molecule has 0 aliphatic heterocycles. The van der Waals surface area contributed by atoms with Gasteiger partial charge in [0.1, 0.15) is 5.15 Å². The average molecular weight is 688 g/mol. The minimum Gasteiger partial charge on any atom is -0.465 e. The summed E-state index contributed by atoms with van der Waals surface area (Å²) in [5.74, 6) is -0.773. The second-order valence-corrected chi connectivity index (χ2v) is 10.5. The Balaban J connectivity index is 0.000000294. The number of methoxy groups -OCH3 is 2. The van der Waals surface area contributed by atoms with E-state index in [1.54, 1.807) is 24.5 Å². The minimum absolute atomic E-state index is 0.0775. The van der Waals surface area contributed by atoms with Gasteiger partial charge in [-0.2, -0.15) is 0 Å². The standard InChI is InChI=1S/C9H11NO2.C8H11NO.C8H9NO.C7H5BrClNO2/c1-6-4-8(9(11)12-3)5-10-7(6)2;2*1-6-3-8(5-10)4-9-7(6)2;1-12-7(11)4-2-5(8)6(9)10-3-4/h4-5H,1-3H3;3-4,10H,5H2,1-2H3;3-5H,1-2H3;2-3H,1H3. The summed E-state index contributed by atoms with van der Waals surface area (Å²) in [4.78, 5) is 48.1. The van der Waals surface area contributed by atoms with Crippen molar-refractivity contribution in [2.45, 2.75) is 48.1 Å². The van der Waals surface area contributed by atoms with Crippen LogP contribution < -0.4 is 0 Å². The summed E-state index contributed by atoms with van der Waals surface area (Å²) in [7, 11) is 2.67. The third kappa shape index (κ3) is 12.7. The van der Waals surface area contributed by atoms with E-state index in [0.29, 0.717) is 26.3 Å². The molecule has 0 atom stereocenters. The molecule has 0 radical (unpaired) electrons. The highest BCUT2D eigenvalue weighted by Crippen LogP contribution is 2.20. The van der Waals surface area contributed by atoms with E-state index in [9.17, 15) is 14.4 Å². The van der Waals surface area contributed by atoms with E-state index >= 15 is 0 Å². The Morgan fingerprint density at radius 2 is 1.20 bits per heavy atom. The monoisotopic (exact) mass is 686 g/mol. The van der Waals surface area contributed by atoms with E-state index in [0.717, 1.165) is 45.6 Å². The van der Waals surface area contributed by atoms with Crippen molar-refractivity contribution in [2.24, 2.45) is 0 Å². The van der Waals surface area contributed by atoms with Crippen LogP contribution in [0.4, 0.5) is 0 Å². The topological polar surface area (TPSA) is 141 Å². The van der Waals surface area contributed by atoms with Crippen molar-refractivity contribution in [3.63, 3.8) is 0 Å². The fraction of sp³-hybridized carbons (Fsp3) is 0.281. The Bertz CT molecular complexity index is 1520. The van der Waals surface area contributed by atoms with Crippen LogP contribution in [0.1, 0.15) is 70.4 Å². The van der Waals surface area contributed by atoms with Gasteiger partial charge in [-0.15, -0.1) is 0 Å². The zero-order valence-corrected chi connectivity index (χ0v) is 28.3. The Labute approximate surface area is 271 Å². The van der Waals surface area contributed by atoms with Gasteiger partial charge in [0.05, 0.1) is 36.4 Å². The van der Waals surface area contributed by atoms with Gasteiger partial charge in [-0.1, -0.05) is 17.7 Å². The number of hydrogen-bond donors (Lipinski definition) is 1. The number of aliphatic hydroxyl groups is 1. The van der Waals surface area contributed by atoms with Crippen LogP contribution >= 0.6 is 27.5 Å². The van der Waals surface area contributed by atoms with E-state index in [2.05, 4.69) is 45.3 Å². The number of aldehydes is 1. The minimum atomic E-state index is -0.431. The van der Waals surface area contributed by atoms with E-state index in [1.807, 2.05) is 53.7 Å². The number of hydrogen-bond acceptors (Lipinski definition) is 10. The maximum Gasteiger partial charge on any atom is 0.339 e. The maximum atomic E-state index is 11.0. The molecule has 0 saturated carbocycles. The van der Waals surface area contributed by atoms with E-state index < -0.39 is 5.97 Å². The SMILES string of the molecule is COC(=O)c1cnc(C)c(C)c1.COC(=O)c1cnc(Cl)c(Br)c1.Cc1cc(C=O)cnc1C.Cc1cc(CO)cnc1C. The van der Waals surface area contributed by atoms with Crippen LogP contribution in [0.2, 0.25) is 5.15 Å². The number of aliphatic hydroxyl groups excluding tert-OH is 1. The first-order valence-corrected chi connectivity index (χ1v) is 14.3. The lowest BCUT2D eigenvalue weighted by Crippen LogP contribution is -2.03. The molecular weight excluding hydrogens is 652 g/mol. The molecule has 0 saturated heterocycles. The summed E-state index contributed by atoms with van der Waals surface area (Å²) in [5, 5.41) is 9.03. The van der Waals surface area contributed by atoms with E-state index in [4.69, 9.17) is 16.7 Å². The van der Waals surface area contributed by atoms with Gasteiger partial charge in [0.15, 0.2) is 6.29 Å². The molecule has 0 aliphatic carbocycles. The highest BCUT2D eigenvalue weighted by molar-refractivity contribution is 9.10. The lowest BCUT2D eigenvalue weighted by atomic mass is 10.2. The molecule has 0 aliphatic rings. The van der Waals surface area contributed by atoms with Crippen LogP contribution in [0.15, 0.2) is 53.5 Å². The summed E-state index contributed by atoms with van der Waals surface area (Å²) in [5.41, 5.74) is 8.51. The van der Waals surface area contributed by atoms with Gasteiger partial charge in [0.25, 0.3) is 0 Å². The van der Waals surface area contributed by atoms with Crippen molar-refractivity contribution in [1.82, 2.24) is 19.9 Å². The first-order chi connectivity index (χ1) is 20.8. The number of rotatable bonds is 4. The van der Waals surface area contributed by atoms with Gasteiger partial charge < -0.3 is 14.6 Å². The number of aryl methyl sites for hydroxylation is 6. The van der Waals surface area contributed by atoms with Crippen molar-refractivity contribution in [3.8, 4) is 0 Å². The zero-order valence-electron chi connectivity index (χ0n) is 25.9. The molecule has 10 nitrogen and oxygen atoms in total. The summed E-state index contributed by atoms with van der Waals surface area (Å²) < 4.78 is 9.62. The van der Waals surface area contributed by atoms with Crippen LogP contribution in [0.25, 0.3) is 0 Å². The lowest BCUT2D eigenvalue weighted by Gasteiger charge is -2.01. The second-order valence-electron chi connectivity index (χ2n) is 9.30. The molecular formula is C32H36BrClN4O6. The van der Waals surface area contributed by atoms with Crippen LogP contribution in [0.5, 0.6) is 0 Å². The fourth-order valence-corrected chi connectivity index (χ4v) is 3.49. The molecule has 0 fully saturated rings. The number of halogens is 2. The fourth-order valence-electron chi connectivity index (χ4n) is 3.04. The number of ether oxygens (including phenoxy) is 2. The van der Waals surface area contributed by atoms with Crippen LogP contribution in [-0.2, 0) is 16.1 Å². The summed E-state index contributed by atoms with van der Waals surface area (Å²) in [6.07, 6.45) is 6.96. The number of esters is 2. The molecule has 4 aromatic rings. The molecule has 4 rings (SSSR count). The third-order valence-corrected chi connectivity index (χ3v) is 7.19. The van der Waals surface area contributed by atoms with Crippen molar-refractivity contribution in [2.75, 3.05) is 14.2 Å². The van der Waals surface area contributed by atoms with Gasteiger partial charge in [-0.3, -0.25) is 19.7 Å². The first-order valence-electron chi connectivity index (χ1n) is 13.1. The van der Waals surface area contributed by atoms with Gasteiger partial charge in [0.2, 0.25) is 0 Å². The molecule has 1 N–H and O–H groups in total. The first kappa shape index (κ1) is 38.0. The van der Waals surface area contributed by atoms with E-state index in [1.165, 1.54) is 26.6 Å². The second kappa shape index (κ2) is 19.3. The highest BCUT2D eigenvalue weighted by Gasteiger charge is 2.08. The maximum absolute atomic E-state index is 11.0. The number of carbonyl (C=O) groups excluding carboxylic acids is 3. The van der Waals surface area contributed by atoms with E-state index in [-0.39, 0.29) is 12.6 Å². The Hall–Kier alpha value is -4.06. The molecule has 44 heavy (non-hydrogen) atoms. The number of nitrogens with zero attached hydrogens (tertiary/aromatic N) is 4. The quantitative estimate of drug-likeness (QED) is 0.144. The van der Waals surface area contributed by atoms with Gasteiger partial charge in [-0.25, -0.2) is 14.6 Å². The van der Waals surface area contributed by atoms with Crippen molar-refractivity contribution >= 4 is 45.8 Å². The molecule has 0 unspecified atom stereocenters. The van der Waals surface area contributed by atoms with Crippen molar-refractivity contribution in [3.05, 3.63) is 115 Å². The number of pyridine rings is 4. The third-order valence-electron chi connectivity index (χ3n) is 6.05. The Morgan fingerprint density at radius 3 is 1.64 bits per heavy atom. The van der Waals surface area contributed by atoms with Crippen LogP contribution in [-0.4, -0.2) is 57.5 Å². The predicted octanol–water partition coefficient (Wildman–Crippen LogP) is 6.47. The predicted molar refractivity (Wildman–Crippen MR) is 172 cm³/mol. The summed E-state index contributed by atoms with van der Waals surface area (Å²) in [6.45, 7) is 11.7. The Kier molecular flexibility index (Phi) is 16.6. The largest absolute Gasteiger partial charge is 0.465 e. The van der Waals surface area contributed by atoms with Gasteiger partial charge in [-0.05, 0) is 97.9 Å². The molecule has 0 spiro atoms. The summed E-state index contributed by atoms with van der Waals surface area (Å²) in [6, 6.07) is 7.10. The average Bonchev–Trinajstić information content (AvgIpc) is 3.02. The molecule has 12 heteroatoms. The molecule has 0 bridgehead atoms.